The third kappa shape index (κ3) is 4.46. The van der Waals surface area contributed by atoms with Gasteiger partial charge in [0.1, 0.15) is 11.5 Å². The van der Waals surface area contributed by atoms with E-state index in [1.807, 2.05) is 18.2 Å². The van der Waals surface area contributed by atoms with Crippen molar-refractivity contribution in [3.63, 3.8) is 0 Å². The molecule has 35 heavy (non-hydrogen) atoms. The molecule has 0 unspecified atom stereocenters. The topological polar surface area (TPSA) is 40.5 Å². The molecule has 2 heteroatoms. The summed E-state index contributed by atoms with van der Waals surface area (Å²) >= 11 is 0. The van der Waals surface area contributed by atoms with Crippen molar-refractivity contribution in [3.05, 3.63) is 95.1 Å². The van der Waals surface area contributed by atoms with Crippen LogP contribution in [0.1, 0.15) is 61.8 Å². The van der Waals surface area contributed by atoms with Gasteiger partial charge in [-0.25, -0.2) is 0 Å². The maximum atomic E-state index is 10.6. The Morgan fingerprint density at radius 2 is 1.23 bits per heavy atom. The van der Waals surface area contributed by atoms with Crippen molar-refractivity contribution in [1.82, 2.24) is 0 Å². The average Bonchev–Trinajstić information content (AvgIpc) is 3.26. The van der Waals surface area contributed by atoms with Crippen LogP contribution in [0.25, 0.3) is 33.4 Å². The zero-order valence-corrected chi connectivity index (χ0v) is 20.8. The largest absolute Gasteiger partial charge is 0.508 e. The van der Waals surface area contributed by atoms with Crippen molar-refractivity contribution in [2.24, 2.45) is 0 Å². The summed E-state index contributed by atoms with van der Waals surface area (Å²) in [5.74, 6) is 0.759. The van der Waals surface area contributed by atoms with Crippen LogP contribution in [0.4, 0.5) is 0 Å². The Morgan fingerprint density at radius 3 is 1.91 bits per heavy atom. The summed E-state index contributed by atoms with van der Waals surface area (Å²) in [6, 6.07) is 25.3. The third-order valence-corrected chi connectivity index (χ3v) is 7.35. The second-order valence-corrected chi connectivity index (χ2v) is 9.74. The number of phenols is 2. The molecule has 0 bridgehead atoms. The average molecular weight is 463 g/mol. The molecule has 4 aromatic carbocycles. The molecule has 2 N–H and O–H groups in total. The summed E-state index contributed by atoms with van der Waals surface area (Å²) in [7, 11) is 0. The lowest BCUT2D eigenvalue weighted by Crippen LogP contribution is -1.96. The molecule has 5 rings (SSSR count). The number of hydrogen-bond donors (Lipinski definition) is 2. The van der Waals surface area contributed by atoms with Crippen LogP contribution in [0.2, 0.25) is 0 Å². The van der Waals surface area contributed by atoms with Crippen LogP contribution in [0.5, 0.6) is 11.5 Å². The van der Waals surface area contributed by atoms with Crippen molar-refractivity contribution >= 4 is 0 Å². The van der Waals surface area contributed by atoms with E-state index in [9.17, 15) is 10.2 Å². The molecule has 0 spiro atoms. The molecule has 0 heterocycles. The Bertz CT molecular complexity index is 1370. The van der Waals surface area contributed by atoms with E-state index in [1.54, 1.807) is 0 Å². The number of benzene rings is 4. The first kappa shape index (κ1) is 23.2. The van der Waals surface area contributed by atoms with E-state index in [0.717, 1.165) is 67.2 Å². The van der Waals surface area contributed by atoms with Crippen LogP contribution in [0.15, 0.2) is 72.8 Å². The second-order valence-electron chi connectivity index (χ2n) is 9.74. The Labute approximate surface area is 208 Å². The maximum absolute atomic E-state index is 10.6. The zero-order valence-electron chi connectivity index (χ0n) is 20.8. The van der Waals surface area contributed by atoms with Crippen LogP contribution in [0.3, 0.4) is 0 Å². The standard InChI is InChI=1S/C33H34O2/c1-3-5-9-24-19-23(13-17-31(24)34)28-15-16-29-27-12-8-7-11-22(27)21-30(29)33(28)26-14-18-32(35)25(20-26)10-6-4-2/h7-8,11-20,34-35H,3-6,9-10,21H2,1-2H3. The van der Waals surface area contributed by atoms with Gasteiger partial charge in [0.25, 0.3) is 0 Å². The Morgan fingerprint density at radius 1 is 0.629 bits per heavy atom. The molecule has 0 aliphatic heterocycles. The first-order valence-electron chi connectivity index (χ1n) is 13.0. The van der Waals surface area contributed by atoms with Crippen LogP contribution < -0.4 is 0 Å². The van der Waals surface area contributed by atoms with Gasteiger partial charge in [-0.2, -0.15) is 0 Å². The summed E-state index contributed by atoms with van der Waals surface area (Å²) in [5, 5.41) is 21.0. The van der Waals surface area contributed by atoms with Gasteiger partial charge in [0.2, 0.25) is 0 Å². The fourth-order valence-electron chi connectivity index (χ4n) is 5.41. The van der Waals surface area contributed by atoms with E-state index in [0.29, 0.717) is 11.5 Å². The summed E-state index contributed by atoms with van der Waals surface area (Å²) < 4.78 is 0. The Balaban J connectivity index is 1.71. The third-order valence-electron chi connectivity index (χ3n) is 7.35. The minimum atomic E-state index is 0.379. The molecule has 0 aromatic heterocycles. The van der Waals surface area contributed by atoms with E-state index >= 15 is 0 Å². The van der Waals surface area contributed by atoms with Crippen molar-refractivity contribution in [2.75, 3.05) is 0 Å². The first-order chi connectivity index (χ1) is 17.1. The van der Waals surface area contributed by atoms with Gasteiger partial charge in [-0.3, -0.25) is 0 Å². The highest BCUT2D eigenvalue weighted by Crippen LogP contribution is 2.47. The summed E-state index contributed by atoms with van der Waals surface area (Å²) in [4.78, 5) is 0. The number of phenolic OH excluding ortho intramolecular Hbond substituents is 2. The van der Waals surface area contributed by atoms with E-state index in [-0.39, 0.29) is 0 Å². The second kappa shape index (κ2) is 10.00. The van der Waals surface area contributed by atoms with Gasteiger partial charge < -0.3 is 10.2 Å². The van der Waals surface area contributed by atoms with Crippen LogP contribution in [-0.2, 0) is 19.3 Å². The minimum Gasteiger partial charge on any atom is -0.508 e. The molecule has 178 valence electrons. The summed E-state index contributed by atoms with van der Waals surface area (Å²) in [5.41, 5.74) is 12.0. The van der Waals surface area contributed by atoms with Crippen LogP contribution in [-0.4, -0.2) is 10.2 Å². The highest BCUT2D eigenvalue weighted by atomic mass is 16.3. The molecule has 0 fully saturated rings. The van der Waals surface area contributed by atoms with Gasteiger partial charge >= 0.3 is 0 Å². The molecule has 0 amide bonds. The van der Waals surface area contributed by atoms with Crippen molar-refractivity contribution in [1.29, 1.82) is 0 Å². The molecule has 1 aliphatic carbocycles. The van der Waals surface area contributed by atoms with E-state index < -0.39 is 0 Å². The smallest absolute Gasteiger partial charge is 0.118 e. The molecule has 1 aliphatic rings. The maximum Gasteiger partial charge on any atom is 0.118 e. The SMILES string of the molecule is CCCCc1cc(-c2ccc3c(c2-c2ccc(O)c(CCCC)c2)Cc2ccccc2-3)ccc1O. The van der Waals surface area contributed by atoms with E-state index in [1.165, 1.54) is 33.4 Å². The first-order valence-corrected chi connectivity index (χ1v) is 13.0. The lowest BCUT2D eigenvalue weighted by atomic mass is 9.86. The van der Waals surface area contributed by atoms with Crippen molar-refractivity contribution in [3.8, 4) is 44.9 Å². The number of unbranched alkanes of at least 4 members (excludes halogenated alkanes) is 2. The Hall–Kier alpha value is -3.52. The van der Waals surface area contributed by atoms with Gasteiger partial charge in [-0.15, -0.1) is 0 Å². The van der Waals surface area contributed by atoms with Crippen LogP contribution >= 0.6 is 0 Å². The van der Waals surface area contributed by atoms with Gasteiger partial charge in [-0.05, 0) is 112 Å². The molecule has 4 aromatic rings. The summed E-state index contributed by atoms with van der Waals surface area (Å²) in [6.07, 6.45) is 6.96. The number of aromatic hydroxyl groups is 2. The molecular weight excluding hydrogens is 428 g/mol. The van der Waals surface area contributed by atoms with Crippen LogP contribution in [0, 0.1) is 0 Å². The van der Waals surface area contributed by atoms with Crippen molar-refractivity contribution < 1.29 is 10.2 Å². The monoisotopic (exact) mass is 462 g/mol. The highest BCUT2D eigenvalue weighted by Gasteiger charge is 2.24. The lowest BCUT2D eigenvalue weighted by molar-refractivity contribution is 0.466. The normalized spacial score (nSPS) is 11.9. The predicted octanol–water partition coefficient (Wildman–Crippen LogP) is 8.69. The molecular formula is C33H34O2. The van der Waals surface area contributed by atoms with Crippen molar-refractivity contribution in [2.45, 2.75) is 58.8 Å². The van der Waals surface area contributed by atoms with E-state index in [2.05, 4.69) is 68.4 Å². The van der Waals surface area contributed by atoms with Gasteiger partial charge in [0.15, 0.2) is 0 Å². The molecule has 0 saturated heterocycles. The van der Waals surface area contributed by atoms with Gasteiger partial charge in [0.05, 0.1) is 0 Å². The van der Waals surface area contributed by atoms with Gasteiger partial charge in [-0.1, -0.05) is 75.2 Å². The number of aryl methyl sites for hydroxylation is 2. The molecule has 0 saturated carbocycles. The quantitative estimate of drug-likeness (QED) is 0.242. The summed E-state index contributed by atoms with van der Waals surface area (Å²) in [6.45, 7) is 4.36. The minimum absolute atomic E-state index is 0.379. The molecule has 0 radical (unpaired) electrons. The predicted molar refractivity (Wildman–Crippen MR) is 146 cm³/mol. The number of fused-ring (bicyclic) bond motifs is 3. The highest BCUT2D eigenvalue weighted by molar-refractivity contribution is 5.94. The molecule has 0 atom stereocenters. The Kier molecular flexibility index (Phi) is 6.63. The lowest BCUT2D eigenvalue weighted by Gasteiger charge is -2.18. The molecule has 2 nitrogen and oxygen atoms in total. The number of hydrogen-bond acceptors (Lipinski definition) is 2. The number of rotatable bonds is 8. The fourth-order valence-corrected chi connectivity index (χ4v) is 5.41. The zero-order chi connectivity index (χ0) is 24.4. The van der Waals surface area contributed by atoms with E-state index in [4.69, 9.17) is 0 Å². The fraction of sp³-hybridized carbons (Fsp3) is 0.273. The van der Waals surface area contributed by atoms with Gasteiger partial charge in [0, 0.05) is 0 Å².